The molecular weight excluding hydrogens is 556 g/mol. The fourth-order valence-corrected chi connectivity index (χ4v) is 7.93. The summed E-state index contributed by atoms with van der Waals surface area (Å²) >= 11 is 0. The first-order valence-electron chi connectivity index (χ1n) is 16.7. The standard InChI is InChI=1S/C35H50N4O5/c1-5-21-37-22-13-19-34(6-2)28(31(37)41)29-32(42)39(23-11-9-10-12-25-40)30-33(43)38(24-14-20-35(29,30)44-34)27-17-15-26(16-18-27)36(7-3)8-4/h13-20,28-30,40H,5-12,21-25H2,1-4H3/t28-,29+,30?,34+,35+/m1/s1. The molecule has 1 aromatic carbocycles. The van der Waals surface area contributed by atoms with Gasteiger partial charge in [-0.3, -0.25) is 14.4 Å². The number of carbonyl (C=O) groups is 3. The van der Waals surface area contributed by atoms with Crippen LogP contribution in [0.3, 0.4) is 0 Å². The van der Waals surface area contributed by atoms with Gasteiger partial charge in [-0.15, -0.1) is 0 Å². The highest BCUT2D eigenvalue weighted by Gasteiger charge is 2.75. The molecule has 3 amide bonds. The van der Waals surface area contributed by atoms with Gasteiger partial charge in [0, 0.05) is 57.3 Å². The van der Waals surface area contributed by atoms with Crippen molar-refractivity contribution < 1.29 is 24.2 Å². The van der Waals surface area contributed by atoms with E-state index in [-0.39, 0.29) is 24.3 Å². The van der Waals surface area contributed by atoms with Gasteiger partial charge in [-0.2, -0.15) is 0 Å². The molecule has 240 valence electrons. The monoisotopic (exact) mass is 606 g/mol. The van der Waals surface area contributed by atoms with E-state index in [9.17, 15) is 19.5 Å². The van der Waals surface area contributed by atoms with Crippen LogP contribution in [-0.4, -0.2) is 95.7 Å². The molecule has 4 aliphatic rings. The molecule has 9 heteroatoms. The highest BCUT2D eigenvalue weighted by molar-refractivity contribution is 6.06. The van der Waals surface area contributed by atoms with Crippen LogP contribution in [0.1, 0.15) is 66.2 Å². The molecule has 44 heavy (non-hydrogen) atoms. The van der Waals surface area contributed by atoms with Crippen LogP contribution in [-0.2, 0) is 19.1 Å². The molecule has 2 fully saturated rings. The molecule has 5 rings (SSSR count). The molecule has 0 saturated carbocycles. The van der Waals surface area contributed by atoms with Crippen LogP contribution >= 0.6 is 0 Å². The second-order valence-corrected chi connectivity index (χ2v) is 12.5. The first-order valence-corrected chi connectivity index (χ1v) is 16.7. The Balaban J connectivity index is 1.55. The topological polar surface area (TPSA) is 93.6 Å². The van der Waals surface area contributed by atoms with Crippen LogP contribution in [0.25, 0.3) is 0 Å². The summed E-state index contributed by atoms with van der Waals surface area (Å²) < 4.78 is 7.08. The van der Waals surface area contributed by atoms with Crippen molar-refractivity contribution in [3.63, 3.8) is 0 Å². The summed E-state index contributed by atoms with van der Waals surface area (Å²) in [6.45, 7) is 12.1. The van der Waals surface area contributed by atoms with E-state index < -0.39 is 29.1 Å². The van der Waals surface area contributed by atoms with Gasteiger partial charge in [0.1, 0.15) is 11.6 Å². The molecule has 4 aliphatic heterocycles. The normalized spacial score (nSPS) is 29.5. The zero-order valence-corrected chi connectivity index (χ0v) is 26.9. The lowest BCUT2D eigenvalue weighted by molar-refractivity contribution is -0.150. The van der Waals surface area contributed by atoms with Crippen LogP contribution in [0, 0.1) is 11.8 Å². The minimum atomic E-state index is -1.24. The molecule has 0 aromatic heterocycles. The van der Waals surface area contributed by atoms with Crippen molar-refractivity contribution in [2.24, 2.45) is 11.8 Å². The van der Waals surface area contributed by atoms with E-state index in [1.54, 1.807) is 9.80 Å². The molecule has 9 nitrogen and oxygen atoms in total. The number of anilines is 2. The Hall–Kier alpha value is -3.17. The number of nitrogens with zero attached hydrogens (tertiary/aromatic N) is 4. The third-order valence-corrected chi connectivity index (χ3v) is 10.1. The number of aliphatic hydroxyl groups excluding tert-OH is 1. The summed E-state index contributed by atoms with van der Waals surface area (Å²) in [5.41, 5.74) is -0.338. The lowest BCUT2D eigenvalue weighted by Crippen LogP contribution is -2.56. The van der Waals surface area contributed by atoms with E-state index in [1.165, 1.54) is 0 Å². The van der Waals surface area contributed by atoms with Gasteiger partial charge in [0.05, 0.1) is 17.4 Å². The van der Waals surface area contributed by atoms with Crippen LogP contribution in [0.15, 0.2) is 48.6 Å². The number of aliphatic hydroxyl groups is 1. The molecule has 0 aliphatic carbocycles. The van der Waals surface area contributed by atoms with Crippen molar-refractivity contribution in [1.29, 1.82) is 0 Å². The van der Waals surface area contributed by atoms with E-state index in [2.05, 4.69) is 18.7 Å². The number of rotatable bonds is 13. The maximum absolute atomic E-state index is 14.8. The number of amides is 3. The second-order valence-electron chi connectivity index (χ2n) is 12.5. The molecule has 1 aromatic rings. The van der Waals surface area contributed by atoms with Crippen molar-refractivity contribution in [2.45, 2.75) is 83.5 Å². The highest BCUT2D eigenvalue weighted by atomic mass is 16.5. The summed E-state index contributed by atoms with van der Waals surface area (Å²) in [6, 6.07) is 7.17. The number of ether oxygens (including phenoxy) is 1. The van der Waals surface area contributed by atoms with E-state index in [1.807, 2.05) is 67.3 Å². The van der Waals surface area contributed by atoms with Crippen LogP contribution < -0.4 is 9.80 Å². The average molecular weight is 607 g/mol. The predicted octanol–water partition coefficient (Wildman–Crippen LogP) is 4.16. The smallest absolute Gasteiger partial charge is 0.253 e. The number of benzene rings is 1. The number of likely N-dealkylation sites (tertiary alicyclic amines) is 1. The SMILES string of the molecule is CCCN1CC=C[C@]2(CC)O[C@]34C=CCN(c5ccc(N(CC)CC)cc5)C(=O)C3N(CCCCCCO)C(=O)[C@@H]4[C@@H]2C1=O. The van der Waals surface area contributed by atoms with Crippen LogP contribution in [0.5, 0.6) is 0 Å². The van der Waals surface area contributed by atoms with Crippen molar-refractivity contribution in [3.8, 4) is 0 Å². The molecule has 1 unspecified atom stereocenters. The van der Waals surface area contributed by atoms with E-state index >= 15 is 0 Å². The molecule has 0 radical (unpaired) electrons. The molecule has 2 saturated heterocycles. The van der Waals surface area contributed by atoms with Gasteiger partial charge < -0.3 is 29.4 Å². The van der Waals surface area contributed by atoms with Crippen LogP contribution in [0.2, 0.25) is 0 Å². The maximum atomic E-state index is 14.8. The highest BCUT2D eigenvalue weighted by Crippen LogP contribution is 2.58. The Labute approximate surface area is 262 Å². The Morgan fingerprint density at radius 2 is 1.55 bits per heavy atom. The Morgan fingerprint density at radius 1 is 0.841 bits per heavy atom. The van der Waals surface area contributed by atoms with Crippen molar-refractivity contribution in [3.05, 3.63) is 48.6 Å². The Bertz CT molecular complexity index is 1260. The van der Waals surface area contributed by atoms with Gasteiger partial charge in [-0.05, 0) is 63.8 Å². The van der Waals surface area contributed by atoms with Gasteiger partial charge in [0.15, 0.2) is 0 Å². The minimum Gasteiger partial charge on any atom is -0.396 e. The third-order valence-electron chi connectivity index (χ3n) is 10.1. The van der Waals surface area contributed by atoms with Crippen molar-refractivity contribution >= 4 is 29.1 Å². The Kier molecular flexibility index (Phi) is 9.85. The fourth-order valence-electron chi connectivity index (χ4n) is 7.93. The molecular formula is C35H50N4O5. The van der Waals surface area contributed by atoms with E-state index in [4.69, 9.17) is 4.74 Å². The molecule has 5 atom stereocenters. The van der Waals surface area contributed by atoms with Gasteiger partial charge in [0.2, 0.25) is 11.8 Å². The van der Waals surface area contributed by atoms with Gasteiger partial charge in [-0.1, -0.05) is 51.0 Å². The van der Waals surface area contributed by atoms with Crippen LogP contribution in [0.4, 0.5) is 11.4 Å². The molecule has 4 heterocycles. The molecule has 1 spiro atoms. The number of hydrogen-bond donors (Lipinski definition) is 1. The maximum Gasteiger partial charge on any atom is 0.253 e. The lowest BCUT2D eigenvalue weighted by Gasteiger charge is -2.38. The summed E-state index contributed by atoms with van der Waals surface area (Å²) in [5, 5.41) is 9.24. The lowest BCUT2D eigenvalue weighted by atomic mass is 9.73. The fraction of sp³-hybridized carbons (Fsp3) is 0.629. The van der Waals surface area contributed by atoms with Crippen molar-refractivity contribution in [1.82, 2.24) is 9.80 Å². The van der Waals surface area contributed by atoms with E-state index in [0.717, 1.165) is 43.7 Å². The first kappa shape index (κ1) is 32.2. The first-order chi connectivity index (χ1) is 21.3. The number of fused-ring (bicyclic) bond motifs is 2. The summed E-state index contributed by atoms with van der Waals surface area (Å²) in [6.07, 6.45) is 12.3. The quantitative estimate of drug-likeness (QED) is 0.268. The number of hydrogen-bond acceptors (Lipinski definition) is 6. The predicted molar refractivity (Wildman–Crippen MR) is 172 cm³/mol. The average Bonchev–Trinajstić information content (AvgIpc) is 3.32. The summed E-state index contributed by atoms with van der Waals surface area (Å²) in [5.74, 6) is -1.91. The van der Waals surface area contributed by atoms with Gasteiger partial charge in [0.25, 0.3) is 5.91 Å². The zero-order chi connectivity index (χ0) is 31.5. The zero-order valence-electron chi connectivity index (χ0n) is 26.9. The minimum absolute atomic E-state index is 0.0635. The third kappa shape index (κ3) is 5.36. The van der Waals surface area contributed by atoms with Gasteiger partial charge in [-0.25, -0.2) is 0 Å². The molecule has 1 N–H and O–H groups in total. The second kappa shape index (κ2) is 13.4. The number of unbranched alkanes of at least 4 members (excludes halogenated alkanes) is 3. The largest absolute Gasteiger partial charge is 0.396 e. The Morgan fingerprint density at radius 3 is 2.20 bits per heavy atom. The summed E-state index contributed by atoms with van der Waals surface area (Å²) in [7, 11) is 0. The van der Waals surface area contributed by atoms with Gasteiger partial charge >= 0.3 is 0 Å². The van der Waals surface area contributed by atoms with E-state index in [0.29, 0.717) is 45.4 Å². The molecule has 0 bridgehead atoms. The van der Waals surface area contributed by atoms with Crippen molar-refractivity contribution in [2.75, 3.05) is 55.7 Å². The summed E-state index contributed by atoms with van der Waals surface area (Å²) in [4.78, 5) is 51.2. The number of carbonyl (C=O) groups excluding carboxylic acids is 3.